The van der Waals surface area contributed by atoms with Gasteiger partial charge in [-0.05, 0) is 31.2 Å². The minimum absolute atomic E-state index is 0.192. The Balaban J connectivity index is 1.38. The summed E-state index contributed by atoms with van der Waals surface area (Å²) in [5.74, 6) is -0.0700. The summed E-state index contributed by atoms with van der Waals surface area (Å²) >= 11 is 2.91. The zero-order valence-electron chi connectivity index (χ0n) is 15.5. The summed E-state index contributed by atoms with van der Waals surface area (Å²) in [6, 6.07) is 17.1. The van der Waals surface area contributed by atoms with E-state index in [4.69, 9.17) is 0 Å². The number of amides is 1. The number of nitrogens with zero attached hydrogens (tertiary/aromatic N) is 3. The van der Waals surface area contributed by atoms with Crippen molar-refractivity contribution in [3.05, 3.63) is 76.2 Å². The first-order chi connectivity index (χ1) is 14.1. The number of thioether (sulfide) groups is 1. The molecule has 0 aliphatic rings. The van der Waals surface area contributed by atoms with Crippen molar-refractivity contribution in [2.24, 2.45) is 5.10 Å². The molecule has 29 heavy (non-hydrogen) atoms. The van der Waals surface area contributed by atoms with Crippen molar-refractivity contribution in [2.75, 3.05) is 5.75 Å². The molecular formula is C20H17N5O2S2. The Morgan fingerprint density at radius 3 is 2.79 bits per heavy atom. The molecule has 2 heterocycles. The predicted molar refractivity (Wildman–Crippen MR) is 117 cm³/mol. The van der Waals surface area contributed by atoms with E-state index in [2.05, 4.69) is 20.6 Å². The molecule has 2 aromatic carbocycles. The standard InChI is InChI=1S/C20H17N5O2S2/c1-13-15(19(27)25(24-13)14-7-3-2-4-8-14)11-21-23-18(26)12-28-20-22-16-9-5-6-10-17(16)29-20/h2-11,24H,12H2,1H3,(H,23,26)/b21-11+. The lowest BCUT2D eigenvalue weighted by Gasteiger charge is -1.99. The first-order valence-corrected chi connectivity index (χ1v) is 10.6. The molecule has 2 aromatic heterocycles. The number of carbonyl (C=O) groups is 1. The smallest absolute Gasteiger partial charge is 0.280 e. The largest absolute Gasteiger partial charge is 0.295 e. The number of fused-ring (bicyclic) bond motifs is 1. The Kier molecular flexibility index (Phi) is 5.59. The molecule has 9 heteroatoms. The molecule has 0 radical (unpaired) electrons. The maximum Gasteiger partial charge on any atom is 0.280 e. The molecule has 1 amide bonds. The van der Waals surface area contributed by atoms with E-state index in [-0.39, 0.29) is 17.2 Å². The van der Waals surface area contributed by atoms with E-state index in [9.17, 15) is 9.59 Å². The van der Waals surface area contributed by atoms with Gasteiger partial charge in [-0.2, -0.15) is 5.10 Å². The Labute approximate surface area is 174 Å². The first-order valence-electron chi connectivity index (χ1n) is 8.79. The number of aromatic nitrogens is 3. The Morgan fingerprint density at radius 2 is 2.00 bits per heavy atom. The van der Waals surface area contributed by atoms with Crippen LogP contribution in [0.2, 0.25) is 0 Å². The van der Waals surface area contributed by atoms with Gasteiger partial charge in [0.05, 0.1) is 33.4 Å². The number of hydrazone groups is 1. The van der Waals surface area contributed by atoms with Gasteiger partial charge >= 0.3 is 0 Å². The van der Waals surface area contributed by atoms with Crippen molar-refractivity contribution < 1.29 is 4.79 Å². The summed E-state index contributed by atoms with van der Waals surface area (Å²) in [5, 5.41) is 6.95. The van der Waals surface area contributed by atoms with Gasteiger partial charge in [0.2, 0.25) is 0 Å². The van der Waals surface area contributed by atoms with Gasteiger partial charge in [-0.1, -0.05) is 42.1 Å². The normalized spacial score (nSPS) is 11.3. The van der Waals surface area contributed by atoms with Crippen LogP contribution in [0.1, 0.15) is 11.3 Å². The van der Waals surface area contributed by atoms with Gasteiger partial charge in [0.15, 0.2) is 4.34 Å². The molecule has 4 rings (SSSR count). The van der Waals surface area contributed by atoms with Crippen LogP contribution in [0.15, 0.2) is 68.8 Å². The van der Waals surface area contributed by atoms with Gasteiger partial charge in [0.1, 0.15) is 0 Å². The van der Waals surface area contributed by atoms with E-state index in [1.54, 1.807) is 18.3 Å². The molecule has 0 aliphatic carbocycles. The zero-order valence-corrected chi connectivity index (χ0v) is 17.1. The lowest BCUT2D eigenvalue weighted by atomic mass is 10.3. The number of rotatable bonds is 6. The molecule has 0 fully saturated rings. The van der Waals surface area contributed by atoms with Crippen molar-refractivity contribution in [3.8, 4) is 5.69 Å². The van der Waals surface area contributed by atoms with Crippen LogP contribution in [0.25, 0.3) is 15.9 Å². The van der Waals surface area contributed by atoms with E-state index in [1.165, 1.54) is 22.7 Å². The molecule has 0 atom stereocenters. The number of para-hydroxylation sites is 2. The highest BCUT2D eigenvalue weighted by Gasteiger charge is 2.11. The van der Waals surface area contributed by atoms with Crippen LogP contribution in [0.3, 0.4) is 0 Å². The third-order valence-electron chi connectivity index (χ3n) is 4.12. The Morgan fingerprint density at radius 1 is 1.24 bits per heavy atom. The van der Waals surface area contributed by atoms with Crippen molar-refractivity contribution >= 4 is 45.4 Å². The highest BCUT2D eigenvalue weighted by molar-refractivity contribution is 8.01. The fraction of sp³-hybridized carbons (Fsp3) is 0.100. The van der Waals surface area contributed by atoms with Gasteiger partial charge in [-0.25, -0.2) is 15.1 Å². The van der Waals surface area contributed by atoms with Gasteiger partial charge in [0.25, 0.3) is 11.5 Å². The number of aryl methyl sites for hydroxylation is 1. The average molecular weight is 424 g/mol. The number of hydrogen-bond acceptors (Lipinski definition) is 6. The van der Waals surface area contributed by atoms with Crippen LogP contribution in [0.5, 0.6) is 0 Å². The van der Waals surface area contributed by atoms with Crippen molar-refractivity contribution in [3.63, 3.8) is 0 Å². The van der Waals surface area contributed by atoms with Gasteiger partial charge < -0.3 is 0 Å². The highest BCUT2D eigenvalue weighted by atomic mass is 32.2. The quantitative estimate of drug-likeness (QED) is 0.283. The van der Waals surface area contributed by atoms with Gasteiger partial charge in [0, 0.05) is 5.69 Å². The number of thiazole rings is 1. The molecule has 0 unspecified atom stereocenters. The number of carbonyl (C=O) groups excluding carboxylic acids is 1. The molecule has 0 aliphatic heterocycles. The van der Waals surface area contributed by atoms with Crippen LogP contribution < -0.4 is 11.0 Å². The first kappa shape index (κ1) is 19.2. The number of nitrogens with one attached hydrogen (secondary N) is 2. The molecule has 0 spiro atoms. The van der Waals surface area contributed by atoms with Gasteiger partial charge in [-0.3, -0.25) is 14.7 Å². The van der Waals surface area contributed by atoms with E-state index in [0.29, 0.717) is 11.3 Å². The number of hydrogen-bond donors (Lipinski definition) is 2. The van der Waals surface area contributed by atoms with E-state index in [1.807, 2.05) is 54.6 Å². The monoisotopic (exact) mass is 423 g/mol. The summed E-state index contributed by atoms with van der Waals surface area (Å²) in [4.78, 5) is 29.1. The second-order valence-electron chi connectivity index (χ2n) is 6.16. The SMILES string of the molecule is Cc1[nH]n(-c2ccccc2)c(=O)c1/C=N/NC(=O)CSc1nc2ccccc2s1. The van der Waals surface area contributed by atoms with E-state index >= 15 is 0 Å². The molecule has 0 saturated heterocycles. The van der Waals surface area contributed by atoms with Crippen molar-refractivity contribution in [1.29, 1.82) is 0 Å². The lowest BCUT2D eigenvalue weighted by Crippen LogP contribution is -2.21. The summed E-state index contributed by atoms with van der Waals surface area (Å²) in [5.41, 5.74) is 4.96. The number of benzene rings is 2. The van der Waals surface area contributed by atoms with Crippen LogP contribution >= 0.6 is 23.1 Å². The second kappa shape index (κ2) is 8.46. The third-order valence-corrected chi connectivity index (χ3v) is 6.29. The maximum absolute atomic E-state index is 12.6. The average Bonchev–Trinajstić information content (AvgIpc) is 3.28. The molecule has 146 valence electrons. The summed E-state index contributed by atoms with van der Waals surface area (Å²) < 4.78 is 3.37. The minimum Gasteiger partial charge on any atom is -0.295 e. The molecule has 2 N–H and O–H groups in total. The van der Waals surface area contributed by atoms with Crippen molar-refractivity contribution in [1.82, 2.24) is 20.2 Å². The molecule has 0 bridgehead atoms. The maximum atomic E-state index is 12.6. The van der Waals surface area contributed by atoms with Crippen LogP contribution in [-0.2, 0) is 4.79 Å². The summed E-state index contributed by atoms with van der Waals surface area (Å²) in [7, 11) is 0. The van der Waals surface area contributed by atoms with E-state index in [0.717, 1.165) is 20.2 Å². The number of aromatic amines is 1. The lowest BCUT2D eigenvalue weighted by molar-refractivity contribution is -0.118. The number of H-pyrrole nitrogens is 1. The Hall–Kier alpha value is -3.17. The topological polar surface area (TPSA) is 92.1 Å². The summed E-state index contributed by atoms with van der Waals surface area (Å²) in [6.07, 6.45) is 1.37. The van der Waals surface area contributed by atoms with Crippen LogP contribution in [-0.4, -0.2) is 32.6 Å². The van der Waals surface area contributed by atoms with Gasteiger partial charge in [-0.15, -0.1) is 11.3 Å². The molecule has 7 nitrogen and oxygen atoms in total. The fourth-order valence-electron chi connectivity index (χ4n) is 2.71. The van der Waals surface area contributed by atoms with E-state index < -0.39 is 0 Å². The molecule has 4 aromatic rings. The summed E-state index contributed by atoms with van der Waals surface area (Å²) in [6.45, 7) is 1.78. The second-order valence-corrected chi connectivity index (χ2v) is 8.41. The predicted octanol–water partition coefficient (Wildman–Crippen LogP) is 3.33. The highest BCUT2D eigenvalue weighted by Crippen LogP contribution is 2.28. The minimum atomic E-state index is -0.262. The Bertz CT molecular complexity index is 1210. The van der Waals surface area contributed by atoms with Crippen LogP contribution in [0, 0.1) is 6.92 Å². The van der Waals surface area contributed by atoms with Crippen LogP contribution in [0.4, 0.5) is 0 Å². The zero-order chi connectivity index (χ0) is 20.2. The molecule has 0 saturated carbocycles. The van der Waals surface area contributed by atoms with Crippen molar-refractivity contribution in [2.45, 2.75) is 11.3 Å². The fourth-order valence-corrected chi connectivity index (χ4v) is 4.57. The molecular weight excluding hydrogens is 406 g/mol. The third kappa shape index (κ3) is 4.30.